The van der Waals surface area contributed by atoms with Gasteiger partial charge in [-0.15, -0.1) is 0 Å². The van der Waals surface area contributed by atoms with Crippen LogP contribution in [-0.4, -0.2) is 30.2 Å². The number of imidazole rings is 1. The number of aromatic nitrogens is 2. The average Bonchev–Trinajstić information content (AvgIpc) is 2.59. The molecule has 0 amide bonds. The number of hydrogen-bond donors (Lipinski definition) is 2. The van der Waals surface area contributed by atoms with Crippen molar-refractivity contribution in [3.8, 4) is 0 Å². The lowest BCUT2D eigenvalue weighted by molar-refractivity contribution is 0.200. The van der Waals surface area contributed by atoms with Crippen LogP contribution in [0.3, 0.4) is 0 Å². The minimum absolute atomic E-state index is 0.712. The SMILES string of the molecule is COCCc1ncc(CCCN)[nH]1. The van der Waals surface area contributed by atoms with Gasteiger partial charge < -0.3 is 15.5 Å². The maximum atomic E-state index is 5.41. The van der Waals surface area contributed by atoms with Crippen LogP contribution in [0.1, 0.15) is 17.9 Å². The van der Waals surface area contributed by atoms with Crippen molar-refractivity contribution in [3.63, 3.8) is 0 Å². The number of methoxy groups -OCH3 is 1. The summed E-state index contributed by atoms with van der Waals surface area (Å²) in [6.45, 7) is 1.44. The van der Waals surface area contributed by atoms with Crippen LogP contribution in [-0.2, 0) is 17.6 Å². The molecule has 0 aromatic carbocycles. The van der Waals surface area contributed by atoms with E-state index in [9.17, 15) is 0 Å². The molecule has 0 aliphatic carbocycles. The Balaban J connectivity index is 2.34. The van der Waals surface area contributed by atoms with Gasteiger partial charge in [-0.2, -0.15) is 0 Å². The molecule has 0 fully saturated rings. The second-order valence-corrected chi connectivity index (χ2v) is 2.99. The molecule has 4 heteroatoms. The summed E-state index contributed by atoms with van der Waals surface area (Å²) in [5, 5.41) is 0. The first-order valence-electron chi connectivity index (χ1n) is 4.58. The normalized spacial score (nSPS) is 10.6. The van der Waals surface area contributed by atoms with E-state index in [-0.39, 0.29) is 0 Å². The van der Waals surface area contributed by atoms with E-state index in [1.54, 1.807) is 7.11 Å². The maximum absolute atomic E-state index is 5.41. The number of aromatic amines is 1. The Labute approximate surface area is 78.5 Å². The molecule has 0 saturated heterocycles. The number of nitrogens with one attached hydrogen (secondary N) is 1. The van der Waals surface area contributed by atoms with Crippen LogP contribution >= 0.6 is 0 Å². The zero-order valence-corrected chi connectivity index (χ0v) is 8.05. The second-order valence-electron chi connectivity index (χ2n) is 2.99. The van der Waals surface area contributed by atoms with Crippen molar-refractivity contribution in [2.45, 2.75) is 19.3 Å². The van der Waals surface area contributed by atoms with E-state index in [0.717, 1.165) is 37.3 Å². The van der Waals surface area contributed by atoms with Crippen molar-refractivity contribution >= 4 is 0 Å². The zero-order chi connectivity index (χ0) is 9.52. The molecule has 0 spiro atoms. The van der Waals surface area contributed by atoms with Gasteiger partial charge in [0, 0.05) is 25.4 Å². The summed E-state index contributed by atoms with van der Waals surface area (Å²) in [7, 11) is 1.69. The minimum Gasteiger partial charge on any atom is -0.384 e. The smallest absolute Gasteiger partial charge is 0.108 e. The van der Waals surface area contributed by atoms with E-state index >= 15 is 0 Å². The van der Waals surface area contributed by atoms with Gasteiger partial charge in [0.15, 0.2) is 0 Å². The number of nitrogens with two attached hydrogens (primary N) is 1. The molecule has 0 aliphatic heterocycles. The molecule has 0 unspecified atom stereocenters. The van der Waals surface area contributed by atoms with E-state index < -0.39 is 0 Å². The highest BCUT2D eigenvalue weighted by Gasteiger charge is 1.99. The van der Waals surface area contributed by atoms with Gasteiger partial charge in [-0.1, -0.05) is 0 Å². The molecular formula is C9H17N3O. The molecule has 0 aliphatic rings. The Hall–Kier alpha value is -0.870. The number of H-pyrrole nitrogens is 1. The minimum atomic E-state index is 0.712. The summed E-state index contributed by atoms with van der Waals surface area (Å²) < 4.78 is 4.96. The zero-order valence-electron chi connectivity index (χ0n) is 8.05. The van der Waals surface area contributed by atoms with Crippen molar-refractivity contribution in [1.82, 2.24) is 9.97 Å². The van der Waals surface area contributed by atoms with Crippen molar-refractivity contribution in [2.75, 3.05) is 20.3 Å². The van der Waals surface area contributed by atoms with Crippen LogP contribution in [0.25, 0.3) is 0 Å². The van der Waals surface area contributed by atoms with Gasteiger partial charge in [-0.05, 0) is 19.4 Å². The fourth-order valence-electron chi connectivity index (χ4n) is 1.15. The third kappa shape index (κ3) is 3.57. The predicted octanol–water partition coefficient (Wildman–Crippen LogP) is 0.490. The number of aryl methyl sites for hydroxylation is 1. The molecule has 1 aromatic rings. The molecule has 0 bridgehead atoms. The Morgan fingerprint density at radius 3 is 3.08 bits per heavy atom. The van der Waals surface area contributed by atoms with Crippen LogP contribution in [0.5, 0.6) is 0 Å². The molecule has 0 saturated carbocycles. The van der Waals surface area contributed by atoms with Gasteiger partial charge in [0.05, 0.1) is 6.61 Å². The van der Waals surface area contributed by atoms with Gasteiger partial charge in [-0.25, -0.2) is 4.98 Å². The highest BCUT2D eigenvalue weighted by atomic mass is 16.5. The summed E-state index contributed by atoms with van der Waals surface area (Å²) in [5.74, 6) is 0.994. The first kappa shape index (κ1) is 10.2. The number of rotatable bonds is 6. The van der Waals surface area contributed by atoms with Crippen molar-refractivity contribution in [1.29, 1.82) is 0 Å². The molecule has 0 atom stereocenters. The van der Waals surface area contributed by atoms with E-state index in [4.69, 9.17) is 10.5 Å². The average molecular weight is 183 g/mol. The Morgan fingerprint density at radius 1 is 1.54 bits per heavy atom. The Morgan fingerprint density at radius 2 is 2.38 bits per heavy atom. The lowest BCUT2D eigenvalue weighted by Crippen LogP contribution is -2.01. The summed E-state index contributed by atoms with van der Waals surface area (Å²) in [5.41, 5.74) is 6.57. The highest BCUT2D eigenvalue weighted by molar-refractivity contribution is 5.01. The largest absolute Gasteiger partial charge is 0.384 e. The molecule has 1 heterocycles. The van der Waals surface area contributed by atoms with E-state index in [0.29, 0.717) is 6.61 Å². The molecule has 0 radical (unpaired) electrons. The maximum Gasteiger partial charge on any atom is 0.108 e. The lowest BCUT2D eigenvalue weighted by Gasteiger charge is -1.95. The number of hydrogen-bond acceptors (Lipinski definition) is 3. The fourth-order valence-corrected chi connectivity index (χ4v) is 1.15. The topological polar surface area (TPSA) is 63.9 Å². The Bertz CT molecular complexity index is 212. The quantitative estimate of drug-likeness (QED) is 0.674. The van der Waals surface area contributed by atoms with Crippen molar-refractivity contribution < 1.29 is 4.74 Å². The van der Waals surface area contributed by atoms with E-state index in [1.165, 1.54) is 0 Å². The molecule has 1 aromatic heterocycles. The van der Waals surface area contributed by atoms with Gasteiger partial charge in [-0.3, -0.25) is 0 Å². The third-order valence-corrected chi connectivity index (χ3v) is 1.87. The van der Waals surface area contributed by atoms with Gasteiger partial charge in [0.2, 0.25) is 0 Å². The van der Waals surface area contributed by atoms with E-state index in [2.05, 4.69) is 9.97 Å². The van der Waals surface area contributed by atoms with Gasteiger partial charge in [0.25, 0.3) is 0 Å². The van der Waals surface area contributed by atoms with Crippen LogP contribution in [0.2, 0.25) is 0 Å². The molecule has 3 N–H and O–H groups in total. The lowest BCUT2D eigenvalue weighted by atomic mass is 10.2. The summed E-state index contributed by atoms with van der Waals surface area (Å²) >= 11 is 0. The summed E-state index contributed by atoms with van der Waals surface area (Å²) in [6, 6.07) is 0. The molecule has 4 nitrogen and oxygen atoms in total. The molecule has 13 heavy (non-hydrogen) atoms. The summed E-state index contributed by atoms with van der Waals surface area (Å²) in [4.78, 5) is 7.47. The van der Waals surface area contributed by atoms with E-state index in [1.807, 2.05) is 6.20 Å². The van der Waals surface area contributed by atoms with Crippen LogP contribution < -0.4 is 5.73 Å². The summed E-state index contributed by atoms with van der Waals surface area (Å²) in [6.07, 6.45) is 4.71. The standard InChI is InChI=1S/C9H17N3O/c1-13-6-4-9-11-7-8(12-9)3-2-5-10/h7H,2-6,10H2,1H3,(H,11,12). The van der Waals surface area contributed by atoms with Crippen molar-refractivity contribution in [2.24, 2.45) is 5.73 Å². The number of nitrogens with zero attached hydrogens (tertiary/aromatic N) is 1. The Kier molecular flexibility index (Phi) is 4.49. The second kappa shape index (κ2) is 5.72. The van der Waals surface area contributed by atoms with Gasteiger partial charge in [0.1, 0.15) is 5.82 Å². The van der Waals surface area contributed by atoms with Crippen LogP contribution in [0.4, 0.5) is 0 Å². The molecule has 1 rings (SSSR count). The van der Waals surface area contributed by atoms with Crippen LogP contribution in [0.15, 0.2) is 6.20 Å². The van der Waals surface area contributed by atoms with Gasteiger partial charge >= 0.3 is 0 Å². The first-order chi connectivity index (χ1) is 6.36. The van der Waals surface area contributed by atoms with Crippen molar-refractivity contribution in [3.05, 3.63) is 17.7 Å². The molecule has 74 valence electrons. The number of ether oxygens (including phenoxy) is 1. The molecular weight excluding hydrogens is 166 g/mol. The third-order valence-electron chi connectivity index (χ3n) is 1.87. The van der Waals surface area contributed by atoms with Crippen LogP contribution in [0, 0.1) is 0 Å². The first-order valence-corrected chi connectivity index (χ1v) is 4.58. The predicted molar refractivity (Wildman–Crippen MR) is 51.5 cm³/mol. The highest BCUT2D eigenvalue weighted by Crippen LogP contribution is 2.00. The monoisotopic (exact) mass is 183 g/mol. The fraction of sp³-hybridized carbons (Fsp3) is 0.667.